The summed E-state index contributed by atoms with van der Waals surface area (Å²) < 4.78 is 12.6. The summed E-state index contributed by atoms with van der Waals surface area (Å²) in [5.41, 5.74) is 5.18. The van der Waals surface area contributed by atoms with Gasteiger partial charge in [-0.05, 0) is 25.0 Å². The van der Waals surface area contributed by atoms with Gasteiger partial charge in [-0.25, -0.2) is 9.37 Å². The Labute approximate surface area is 93.1 Å². The van der Waals surface area contributed by atoms with Gasteiger partial charge in [-0.1, -0.05) is 12.8 Å². The van der Waals surface area contributed by atoms with Gasteiger partial charge in [0, 0.05) is 0 Å². The number of nitrogens with zero attached hydrogens (tertiary/aromatic N) is 1. The molecule has 86 valence electrons. The van der Waals surface area contributed by atoms with E-state index in [1.165, 1.54) is 12.1 Å². The first-order chi connectivity index (χ1) is 7.60. The summed E-state index contributed by atoms with van der Waals surface area (Å²) in [5.74, 6) is -0.325. The Morgan fingerprint density at radius 3 is 2.69 bits per heavy atom. The Balaban J connectivity index is 2.04. The Morgan fingerprint density at radius 1 is 1.44 bits per heavy atom. The quantitative estimate of drug-likeness (QED) is 0.797. The van der Waals surface area contributed by atoms with Crippen molar-refractivity contribution in [2.75, 3.05) is 5.32 Å². The normalized spacial score (nSPS) is 18.4. The average Bonchev–Trinajstić information content (AvgIpc) is 2.70. The molecular weight excluding hydrogens is 209 g/mol. The number of halogens is 1. The van der Waals surface area contributed by atoms with Crippen LogP contribution in [0.25, 0.3) is 0 Å². The van der Waals surface area contributed by atoms with Crippen LogP contribution in [0.1, 0.15) is 25.7 Å². The highest BCUT2D eigenvalue weighted by atomic mass is 19.1. The van der Waals surface area contributed by atoms with Gasteiger partial charge in [0.15, 0.2) is 0 Å². The molecule has 0 aromatic carbocycles. The first-order valence-electron chi connectivity index (χ1n) is 5.32. The van der Waals surface area contributed by atoms with Crippen LogP contribution in [0, 0.1) is 5.82 Å². The maximum absolute atomic E-state index is 12.6. The molecular formula is C11H14FN3O. The molecule has 1 aromatic heterocycles. The predicted molar refractivity (Wildman–Crippen MR) is 58.2 cm³/mol. The van der Waals surface area contributed by atoms with Crippen LogP contribution in [0.4, 0.5) is 10.2 Å². The molecule has 1 aliphatic carbocycles. The molecule has 2 rings (SSSR count). The van der Waals surface area contributed by atoms with Crippen molar-refractivity contribution in [1.82, 2.24) is 4.98 Å². The lowest BCUT2D eigenvalue weighted by atomic mass is 9.98. The number of pyridine rings is 1. The Bertz CT molecular complexity index is 385. The van der Waals surface area contributed by atoms with Crippen molar-refractivity contribution < 1.29 is 9.18 Å². The fourth-order valence-electron chi connectivity index (χ4n) is 1.92. The fraction of sp³-hybridized carbons (Fsp3) is 0.455. The van der Waals surface area contributed by atoms with Gasteiger partial charge in [-0.15, -0.1) is 0 Å². The minimum absolute atomic E-state index is 0.232. The molecule has 1 amide bonds. The summed E-state index contributed by atoms with van der Waals surface area (Å²) >= 11 is 0. The second kappa shape index (κ2) is 4.17. The maximum atomic E-state index is 12.6. The predicted octanol–water partition coefficient (Wildman–Crippen LogP) is 1.43. The van der Waals surface area contributed by atoms with Crippen LogP contribution >= 0.6 is 0 Å². The molecule has 0 aliphatic heterocycles. The molecule has 0 radical (unpaired) electrons. The molecule has 0 unspecified atom stereocenters. The topological polar surface area (TPSA) is 68.0 Å². The third kappa shape index (κ3) is 2.19. The number of amides is 1. The van der Waals surface area contributed by atoms with Crippen molar-refractivity contribution in [2.45, 2.75) is 31.2 Å². The zero-order chi connectivity index (χ0) is 11.6. The second-order valence-electron chi connectivity index (χ2n) is 4.18. The summed E-state index contributed by atoms with van der Waals surface area (Å²) in [7, 11) is 0. The minimum atomic E-state index is -0.782. The third-order valence-electron chi connectivity index (χ3n) is 2.92. The summed E-state index contributed by atoms with van der Waals surface area (Å²) in [5, 5.41) is 2.61. The van der Waals surface area contributed by atoms with E-state index in [0.717, 1.165) is 19.0 Å². The van der Waals surface area contributed by atoms with Crippen LogP contribution in [0.5, 0.6) is 0 Å². The van der Waals surface area contributed by atoms with Gasteiger partial charge >= 0.3 is 0 Å². The van der Waals surface area contributed by atoms with Gasteiger partial charge < -0.3 is 11.1 Å². The molecule has 1 saturated carbocycles. The highest BCUT2D eigenvalue weighted by Crippen LogP contribution is 2.28. The molecule has 16 heavy (non-hydrogen) atoms. The van der Waals surface area contributed by atoms with E-state index in [1.807, 2.05) is 0 Å². The van der Waals surface area contributed by atoms with E-state index in [2.05, 4.69) is 10.3 Å². The van der Waals surface area contributed by atoms with Crippen LogP contribution < -0.4 is 11.1 Å². The lowest BCUT2D eigenvalue weighted by Gasteiger charge is -2.21. The Hall–Kier alpha value is -1.49. The number of hydrogen-bond acceptors (Lipinski definition) is 3. The zero-order valence-electron chi connectivity index (χ0n) is 8.87. The number of nitrogens with one attached hydrogen (secondary N) is 1. The molecule has 5 heteroatoms. The van der Waals surface area contributed by atoms with Crippen LogP contribution in [-0.2, 0) is 4.79 Å². The largest absolute Gasteiger partial charge is 0.317 e. The van der Waals surface area contributed by atoms with E-state index in [-0.39, 0.29) is 5.91 Å². The highest BCUT2D eigenvalue weighted by Gasteiger charge is 2.37. The van der Waals surface area contributed by atoms with Crippen molar-refractivity contribution in [1.29, 1.82) is 0 Å². The van der Waals surface area contributed by atoms with Crippen molar-refractivity contribution in [3.8, 4) is 0 Å². The Morgan fingerprint density at radius 2 is 2.12 bits per heavy atom. The number of aromatic nitrogens is 1. The minimum Gasteiger partial charge on any atom is -0.317 e. The van der Waals surface area contributed by atoms with E-state index in [9.17, 15) is 9.18 Å². The van der Waals surface area contributed by atoms with E-state index >= 15 is 0 Å². The number of nitrogens with two attached hydrogens (primary N) is 1. The summed E-state index contributed by atoms with van der Waals surface area (Å²) in [6.45, 7) is 0. The van der Waals surface area contributed by atoms with Crippen molar-refractivity contribution in [3.05, 3.63) is 24.1 Å². The number of hydrogen-bond donors (Lipinski definition) is 2. The van der Waals surface area contributed by atoms with Crippen molar-refractivity contribution in [3.63, 3.8) is 0 Å². The lowest BCUT2D eigenvalue weighted by molar-refractivity contribution is -0.121. The fourth-order valence-corrected chi connectivity index (χ4v) is 1.92. The second-order valence-corrected chi connectivity index (χ2v) is 4.18. The van der Waals surface area contributed by atoms with Crippen LogP contribution in [0.2, 0.25) is 0 Å². The standard InChI is InChI=1S/C11H14FN3O/c12-8-3-4-9(14-7-8)15-10(16)11(13)5-1-2-6-11/h3-4,7H,1-2,5-6,13H2,(H,14,15,16). The lowest BCUT2D eigenvalue weighted by Crippen LogP contribution is -2.48. The summed E-state index contributed by atoms with van der Waals surface area (Å²) in [4.78, 5) is 15.6. The van der Waals surface area contributed by atoms with Gasteiger partial charge in [0.25, 0.3) is 0 Å². The molecule has 1 fully saturated rings. The monoisotopic (exact) mass is 223 g/mol. The molecule has 0 spiro atoms. The SMILES string of the molecule is NC1(C(=O)Nc2ccc(F)cn2)CCCC1. The van der Waals surface area contributed by atoms with Gasteiger partial charge in [0.1, 0.15) is 11.6 Å². The molecule has 1 aromatic rings. The molecule has 1 aliphatic rings. The van der Waals surface area contributed by atoms with Crippen LogP contribution in [-0.4, -0.2) is 16.4 Å². The summed E-state index contributed by atoms with van der Waals surface area (Å²) in [6, 6.07) is 2.67. The maximum Gasteiger partial charge on any atom is 0.245 e. The molecule has 3 N–H and O–H groups in total. The van der Waals surface area contributed by atoms with Crippen LogP contribution in [0.15, 0.2) is 18.3 Å². The molecule has 0 saturated heterocycles. The highest BCUT2D eigenvalue weighted by molar-refractivity contribution is 5.97. The molecule has 4 nitrogen and oxygen atoms in total. The molecule has 0 atom stereocenters. The van der Waals surface area contributed by atoms with Gasteiger partial charge in [-0.3, -0.25) is 4.79 Å². The number of carbonyl (C=O) groups is 1. The summed E-state index contributed by atoms with van der Waals surface area (Å²) in [6.07, 6.45) is 4.40. The molecule has 0 bridgehead atoms. The average molecular weight is 223 g/mol. The van der Waals surface area contributed by atoms with Gasteiger partial charge in [-0.2, -0.15) is 0 Å². The zero-order valence-corrected chi connectivity index (χ0v) is 8.87. The third-order valence-corrected chi connectivity index (χ3v) is 2.92. The molecule has 1 heterocycles. The number of carbonyl (C=O) groups excluding carboxylic acids is 1. The van der Waals surface area contributed by atoms with E-state index in [4.69, 9.17) is 5.73 Å². The van der Waals surface area contributed by atoms with E-state index < -0.39 is 11.4 Å². The van der Waals surface area contributed by atoms with Crippen molar-refractivity contribution >= 4 is 11.7 Å². The van der Waals surface area contributed by atoms with Gasteiger partial charge in [0.05, 0.1) is 11.7 Å². The first-order valence-corrected chi connectivity index (χ1v) is 5.32. The Kier molecular flexibility index (Phi) is 2.87. The number of anilines is 1. The van der Waals surface area contributed by atoms with Gasteiger partial charge in [0.2, 0.25) is 5.91 Å². The first kappa shape index (κ1) is 11.0. The van der Waals surface area contributed by atoms with Crippen LogP contribution in [0.3, 0.4) is 0 Å². The van der Waals surface area contributed by atoms with E-state index in [0.29, 0.717) is 18.7 Å². The number of rotatable bonds is 2. The van der Waals surface area contributed by atoms with Crippen molar-refractivity contribution in [2.24, 2.45) is 5.73 Å². The van der Waals surface area contributed by atoms with E-state index in [1.54, 1.807) is 0 Å². The smallest absolute Gasteiger partial charge is 0.245 e.